The summed E-state index contributed by atoms with van der Waals surface area (Å²) in [5, 5.41) is 11.5. The summed E-state index contributed by atoms with van der Waals surface area (Å²) in [6, 6.07) is 0.391. The van der Waals surface area contributed by atoms with Crippen molar-refractivity contribution in [2.45, 2.75) is 39.2 Å². The average molecular weight is 199 g/mol. The second-order valence-electron chi connectivity index (χ2n) is 4.20. The predicted octanol–water partition coefficient (Wildman–Crippen LogP) is 1.24. The Labute approximate surface area is 85.8 Å². The molecule has 0 aromatic rings. The molecule has 1 fully saturated rings. The van der Waals surface area contributed by atoms with Gasteiger partial charge in [0.25, 0.3) is 0 Å². The van der Waals surface area contributed by atoms with Crippen LogP contribution < -0.4 is 5.73 Å². The second kappa shape index (κ2) is 5.20. The Morgan fingerprint density at radius 1 is 1.71 bits per heavy atom. The number of nitrogens with two attached hydrogens (primary N) is 1. The normalized spacial score (nSPS) is 26.7. The lowest BCUT2D eigenvalue weighted by Crippen LogP contribution is -2.34. The summed E-state index contributed by atoms with van der Waals surface area (Å²) >= 11 is 0. The molecule has 2 atom stereocenters. The molecular weight excluding hydrogens is 178 g/mol. The van der Waals surface area contributed by atoms with Gasteiger partial charge in [-0.25, -0.2) is 0 Å². The maximum atomic E-state index is 8.47. The molecule has 1 aliphatic rings. The van der Waals surface area contributed by atoms with E-state index >= 15 is 0 Å². The fourth-order valence-electron chi connectivity index (χ4n) is 2.07. The largest absolute Gasteiger partial charge is 0.409 e. The summed E-state index contributed by atoms with van der Waals surface area (Å²) in [5.74, 6) is 1.17. The molecule has 3 N–H and O–H groups in total. The number of hydrogen-bond acceptors (Lipinski definition) is 3. The van der Waals surface area contributed by atoms with Gasteiger partial charge in [-0.3, -0.25) is 4.90 Å². The summed E-state index contributed by atoms with van der Waals surface area (Å²) in [6.07, 6.45) is 3.21. The minimum absolute atomic E-state index is 0.331. The zero-order chi connectivity index (χ0) is 10.6. The van der Waals surface area contributed by atoms with Crippen LogP contribution in [0.1, 0.15) is 33.1 Å². The molecule has 1 heterocycles. The first-order chi connectivity index (χ1) is 6.67. The molecule has 0 aromatic carbocycles. The van der Waals surface area contributed by atoms with Gasteiger partial charge in [-0.15, -0.1) is 0 Å². The molecule has 0 amide bonds. The Balaban J connectivity index is 2.35. The first-order valence-electron chi connectivity index (χ1n) is 5.37. The Kier molecular flexibility index (Phi) is 4.20. The molecule has 14 heavy (non-hydrogen) atoms. The molecule has 0 aromatic heterocycles. The van der Waals surface area contributed by atoms with Gasteiger partial charge in [0.05, 0.1) is 0 Å². The molecule has 1 rings (SSSR count). The SMILES string of the molecule is CCC1CCN(C(C)CC(N)=NO)C1. The van der Waals surface area contributed by atoms with Crippen LogP contribution in [-0.2, 0) is 0 Å². The number of hydrogen-bond donors (Lipinski definition) is 2. The minimum Gasteiger partial charge on any atom is -0.409 e. The summed E-state index contributed by atoms with van der Waals surface area (Å²) in [4.78, 5) is 2.42. The highest BCUT2D eigenvalue weighted by Gasteiger charge is 2.25. The first-order valence-corrected chi connectivity index (χ1v) is 5.37. The minimum atomic E-state index is 0.331. The van der Waals surface area contributed by atoms with Crippen LogP contribution in [-0.4, -0.2) is 35.1 Å². The van der Waals surface area contributed by atoms with E-state index in [0.29, 0.717) is 18.3 Å². The van der Waals surface area contributed by atoms with Crippen molar-refractivity contribution in [1.29, 1.82) is 0 Å². The topological polar surface area (TPSA) is 61.8 Å². The second-order valence-corrected chi connectivity index (χ2v) is 4.20. The van der Waals surface area contributed by atoms with Gasteiger partial charge in [-0.1, -0.05) is 18.5 Å². The first kappa shape index (κ1) is 11.3. The van der Waals surface area contributed by atoms with Crippen molar-refractivity contribution < 1.29 is 5.21 Å². The lowest BCUT2D eigenvalue weighted by molar-refractivity contribution is 0.250. The maximum Gasteiger partial charge on any atom is 0.140 e. The van der Waals surface area contributed by atoms with Gasteiger partial charge in [-0.2, -0.15) is 0 Å². The Morgan fingerprint density at radius 2 is 2.43 bits per heavy atom. The van der Waals surface area contributed by atoms with Crippen molar-refractivity contribution in [3.8, 4) is 0 Å². The van der Waals surface area contributed by atoms with E-state index in [-0.39, 0.29) is 0 Å². The molecule has 1 saturated heterocycles. The van der Waals surface area contributed by atoms with Crippen LogP contribution in [0.5, 0.6) is 0 Å². The molecule has 1 aliphatic heterocycles. The van der Waals surface area contributed by atoms with E-state index in [0.717, 1.165) is 19.0 Å². The van der Waals surface area contributed by atoms with Crippen LogP contribution in [0.2, 0.25) is 0 Å². The van der Waals surface area contributed by atoms with Gasteiger partial charge in [0, 0.05) is 19.0 Å². The highest BCUT2D eigenvalue weighted by molar-refractivity contribution is 5.80. The molecule has 0 aliphatic carbocycles. The fraction of sp³-hybridized carbons (Fsp3) is 0.900. The van der Waals surface area contributed by atoms with Crippen molar-refractivity contribution in [3.63, 3.8) is 0 Å². The predicted molar refractivity (Wildman–Crippen MR) is 57.5 cm³/mol. The van der Waals surface area contributed by atoms with E-state index in [1.165, 1.54) is 12.8 Å². The monoisotopic (exact) mass is 199 g/mol. The molecule has 0 spiro atoms. The van der Waals surface area contributed by atoms with Crippen LogP contribution in [0.15, 0.2) is 5.16 Å². The highest BCUT2D eigenvalue weighted by atomic mass is 16.4. The molecule has 4 nitrogen and oxygen atoms in total. The number of nitrogens with zero attached hydrogens (tertiary/aromatic N) is 2. The van der Waals surface area contributed by atoms with E-state index < -0.39 is 0 Å². The molecule has 82 valence electrons. The lowest BCUT2D eigenvalue weighted by atomic mass is 10.1. The third kappa shape index (κ3) is 2.87. The molecule has 4 heteroatoms. The summed E-state index contributed by atoms with van der Waals surface area (Å²) < 4.78 is 0. The Bertz CT molecular complexity index is 206. The van der Waals surface area contributed by atoms with E-state index in [4.69, 9.17) is 10.9 Å². The number of oxime groups is 1. The van der Waals surface area contributed by atoms with Gasteiger partial charge in [0.2, 0.25) is 0 Å². The van der Waals surface area contributed by atoms with Crippen molar-refractivity contribution >= 4 is 5.84 Å². The smallest absolute Gasteiger partial charge is 0.140 e. The van der Waals surface area contributed by atoms with Crippen molar-refractivity contribution in [2.24, 2.45) is 16.8 Å². The van der Waals surface area contributed by atoms with Crippen molar-refractivity contribution in [2.75, 3.05) is 13.1 Å². The fourth-order valence-corrected chi connectivity index (χ4v) is 2.07. The van der Waals surface area contributed by atoms with Gasteiger partial charge in [0.15, 0.2) is 0 Å². The van der Waals surface area contributed by atoms with Gasteiger partial charge < -0.3 is 10.9 Å². The third-order valence-electron chi connectivity index (χ3n) is 3.15. The zero-order valence-electron chi connectivity index (χ0n) is 9.11. The van der Waals surface area contributed by atoms with E-state index in [1.54, 1.807) is 0 Å². The maximum absolute atomic E-state index is 8.47. The van der Waals surface area contributed by atoms with E-state index in [9.17, 15) is 0 Å². The van der Waals surface area contributed by atoms with Crippen LogP contribution in [0, 0.1) is 5.92 Å². The Hall–Kier alpha value is -0.770. The summed E-state index contributed by atoms with van der Waals surface area (Å²) in [5.41, 5.74) is 5.48. The van der Waals surface area contributed by atoms with Gasteiger partial charge >= 0.3 is 0 Å². The van der Waals surface area contributed by atoms with Gasteiger partial charge in [-0.05, 0) is 25.8 Å². The molecular formula is C10H21N3O. The van der Waals surface area contributed by atoms with Gasteiger partial charge in [0.1, 0.15) is 5.84 Å². The summed E-state index contributed by atoms with van der Waals surface area (Å²) in [6.45, 7) is 6.69. The van der Waals surface area contributed by atoms with E-state index in [1.807, 2.05) is 0 Å². The number of rotatable bonds is 4. The highest BCUT2D eigenvalue weighted by Crippen LogP contribution is 2.21. The number of amidine groups is 1. The van der Waals surface area contributed by atoms with Crippen molar-refractivity contribution in [1.82, 2.24) is 4.90 Å². The van der Waals surface area contributed by atoms with Crippen molar-refractivity contribution in [3.05, 3.63) is 0 Å². The standard InChI is InChI=1S/C10H21N3O/c1-3-9-4-5-13(7-9)8(2)6-10(11)12-14/h8-9,14H,3-7H2,1-2H3,(H2,11,12). The molecule has 0 saturated carbocycles. The third-order valence-corrected chi connectivity index (χ3v) is 3.15. The van der Waals surface area contributed by atoms with Crippen LogP contribution >= 0.6 is 0 Å². The van der Waals surface area contributed by atoms with Crippen LogP contribution in [0.3, 0.4) is 0 Å². The zero-order valence-corrected chi connectivity index (χ0v) is 9.11. The van der Waals surface area contributed by atoms with E-state index in [2.05, 4.69) is 23.9 Å². The molecule has 2 unspecified atom stereocenters. The van der Waals surface area contributed by atoms with Crippen LogP contribution in [0.25, 0.3) is 0 Å². The molecule has 0 bridgehead atoms. The summed E-state index contributed by atoms with van der Waals surface area (Å²) in [7, 11) is 0. The molecule has 0 radical (unpaired) electrons. The quantitative estimate of drug-likeness (QED) is 0.310. The number of likely N-dealkylation sites (tertiary alicyclic amines) is 1. The Morgan fingerprint density at radius 3 is 2.93 bits per heavy atom. The average Bonchev–Trinajstić information content (AvgIpc) is 2.65. The lowest BCUT2D eigenvalue weighted by Gasteiger charge is -2.23. The van der Waals surface area contributed by atoms with Crippen LogP contribution in [0.4, 0.5) is 0 Å².